The number of aromatic amines is 2. The minimum Gasteiger partial charge on any atom is -0.370 e. The lowest BCUT2D eigenvalue weighted by molar-refractivity contribution is -0.134. The van der Waals surface area contributed by atoms with E-state index in [1.807, 2.05) is 59.6 Å². The number of nitrogens with zero attached hydrogens (tertiary/aromatic N) is 3. The Labute approximate surface area is 280 Å². The van der Waals surface area contributed by atoms with Crippen LogP contribution < -0.4 is 27.8 Å². The number of nitrogens with one attached hydrogen (secondary N) is 4. The molecule has 13 heteroatoms. The predicted octanol–water partition coefficient (Wildman–Crippen LogP) is 1.51. The van der Waals surface area contributed by atoms with Gasteiger partial charge in [0.05, 0.1) is 12.4 Å². The maximum atomic E-state index is 14.2. The number of primary amides is 1. The Bertz CT molecular complexity index is 1700. The number of H-pyrrole nitrogens is 2. The van der Waals surface area contributed by atoms with E-state index in [0.29, 0.717) is 57.4 Å². The van der Waals surface area contributed by atoms with Gasteiger partial charge in [0.15, 0.2) is 5.96 Å². The number of hydrogen-bond donors (Lipinski definition) is 7. The lowest BCUT2D eigenvalue weighted by Gasteiger charge is -2.43. The van der Waals surface area contributed by atoms with Crippen LogP contribution in [-0.4, -0.2) is 80.8 Å². The van der Waals surface area contributed by atoms with Gasteiger partial charge in [-0.2, -0.15) is 0 Å². The lowest BCUT2D eigenvalue weighted by Crippen LogP contribution is -2.68. The number of aromatic nitrogens is 3. The van der Waals surface area contributed by atoms with Crippen LogP contribution in [-0.2, 0) is 33.6 Å². The summed E-state index contributed by atoms with van der Waals surface area (Å²) >= 11 is 0. The summed E-state index contributed by atoms with van der Waals surface area (Å²) in [5.74, 6) is -1.61. The Kier molecular flexibility index (Phi) is 11.1. The lowest BCUT2D eigenvalue weighted by atomic mass is 9.71. The molecule has 48 heavy (non-hydrogen) atoms. The molecule has 3 amide bonds. The number of para-hydroxylation sites is 1. The minimum absolute atomic E-state index is 0.00309. The number of guanidine groups is 1. The van der Waals surface area contributed by atoms with Crippen molar-refractivity contribution in [3.63, 3.8) is 0 Å². The van der Waals surface area contributed by atoms with Crippen molar-refractivity contribution in [1.29, 1.82) is 0 Å². The Morgan fingerprint density at radius 1 is 1.10 bits per heavy atom. The van der Waals surface area contributed by atoms with Crippen LogP contribution in [0.4, 0.5) is 0 Å². The molecule has 0 spiro atoms. The monoisotopic (exact) mass is 654 g/mol. The highest BCUT2D eigenvalue weighted by atomic mass is 16.2. The fourth-order valence-electron chi connectivity index (χ4n) is 7.01. The van der Waals surface area contributed by atoms with E-state index in [-0.39, 0.29) is 30.2 Å². The van der Waals surface area contributed by atoms with Gasteiger partial charge in [0.1, 0.15) is 5.54 Å². The van der Waals surface area contributed by atoms with Crippen LogP contribution in [0, 0.1) is 5.92 Å². The van der Waals surface area contributed by atoms with Crippen molar-refractivity contribution in [2.24, 2.45) is 28.1 Å². The molecule has 2 aromatic heterocycles. The fraction of sp³-hybridized carbons (Fsp3) is 0.400. The van der Waals surface area contributed by atoms with Gasteiger partial charge in [-0.15, -0.1) is 0 Å². The van der Waals surface area contributed by atoms with Crippen LogP contribution in [0.15, 0.2) is 78.3 Å². The Morgan fingerprint density at radius 2 is 1.88 bits per heavy atom. The SMILES string of the molecule is CC(=O)NC(Cc1cnc[nH]1)(C(N)=O)[C@H](Cc1ccccc1)[C@@H]1CCN(CCc2c[nH]c3ccccc23)C(=O)[C@H](CCCN=C(N)N)N1. The number of carbonyl (C=O) groups excluding carboxylic acids is 3. The van der Waals surface area contributed by atoms with Gasteiger partial charge >= 0.3 is 0 Å². The molecule has 0 radical (unpaired) electrons. The summed E-state index contributed by atoms with van der Waals surface area (Å²) in [6.07, 6.45) is 7.91. The first-order chi connectivity index (χ1) is 23.2. The van der Waals surface area contributed by atoms with E-state index < -0.39 is 23.4 Å². The predicted molar refractivity (Wildman–Crippen MR) is 185 cm³/mol. The van der Waals surface area contributed by atoms with Crippen molar-refractivity contribution in [1.82, 2.24) is 30.5 Å². The van der Waals surface area contributed by atoms with Gasteiger partial charge in [-0.1, -0.05) is 48.5 Å². The number of hydrogen-bond acceptors (Lipinski definition) is 6. The van der Waals surface area contributed by atoms with Gasteiger partial charge in [-0.05, 0) is 49.3 Å². The molecule has 254 valence electrons. The summed E-state index contributed by atoms with van der Waals surface area (Å²) in [6.45, 7) is 2.72. The van der Waals surface area contributed by atoms with E-state index >= 15 is 0 Å². The smallest absolute Gasteiger partial charge is 0.243 e. The third kappa shape index (κ3) is 8.21. The second kappa shape index (κ2) is 15.6. The molecule has 4 aromatic rings. The minimum atomic E-state index is -1.50. The summed E-state index contributed by atoms with van der Waals surface area (Å²) in [7, 11) is 0. The molecular weight excluding hydrogens is 608 g/mol. The second-order valence-corrected chi connectivity index (χ2v) is 12.6. The van der Waals surface area contributed by atoms with Gasteiger partial charge in [-0.3, -0.25) is 19.4 Å². The highest BCUT2D eigenvalue weighted by Gasteiger charge is 2.50. The van der Waals surface area contributed by atoms with Crippen LogP contribution in [0.5, 0.6) is 0 Å². The standard InChI is InChI=1S/C35H46N10O3/c1-23(46)44-35(33(36)48,19-26-21-39-22-42-26)28(18-24-8-3-2-4-9-24)30-14-17-45(32(47)31(43-30)12-7-15-40-34(37)38)16-13-25-20-41-29-11-6-5-10-27(25)29/h2-6,8-11,20-22,28,30-31,41,43H,7,12-19H2,1H3,(H2,36,48)(H,39,42)(H,44,46)(H4,37,38,40)/t28-,30+,31+,35?/m1/s1. The molecule has 1 aliphatic heterocycles. The molecule has 0 aliphatic carbocycles. The van der Waals surface area contributed by atoms with Gasteiger partial charge in [0, 0.05) is 73.9 Å². The Morgan fingerprint density at radius 3 is 2.58 bits per heavy atom. The zero-order chi connectivity index (χ0) is 34.1. The molecule has 1 saturated heterocycles. The maximum absolute atomic E-state index is 14.2. The van der Waals surface area contributed by atoms with Crippen LogP contribution >= 0.6 is 0 Å². The molecule has 1 unspecified atom stereocenters. The number of aliphatic imine (C=N–C) groups is 1. The quantitative estimate of drug-likeness (QED) is 0.0569. The third-order valence-corrected chi connectivity index (χ3v) is 9.29. The molecule has 1 aliphatic rings. The number of imidazole rings is 1. The third-order valence-electron chi connectivity index (χ3n) is 9.29. The molecular formula is C35H46N10O3. The van der Waals surface area contributed by atoms with E-state index in [1.165, 1.54) is 13.3 Å². The second-order valence-electron chi connectivity index (χ2n) is 12.6. The Hall–Kier alpha value is -5.17. The molecule has 13 nitrogen and oxygen atoms in total. The van der Waals surface area contributed by atoms with Gasteiger partial charge in [0.25, 0.3) is 0 Å². The zero-order valence-electron chi connectivity index (χ0n) is 27.3. The normalized spacial score (nSPS) is 18.5. The maximum Gasteiger partial charge on any atom is 0.243 e. The average molecular weight is 655 g/mol. The van der Waals surface area contributed by atoms with E-state index in [2.05, 4.69) is 36.6 Å². The van der Waals surface area contributed by atoms with Crippen molar-refractivity contribution in [2.75, 3.05) is 19.6 Å². The number of nitrogens with two attached hydrogens (primary N) is 3. The number of rotatable bonds is 15. The van der Waals surface area contributed by atoms with Crippen LogP contribution in [0.1, 0.15) is 43.0 Å². The van der Waals surface area contributed by atoms with Crippen LogP contribution in [0.2, 0.25) is 0 Å². The first kappa shape index (κ1) is 34.2. The van der Waals surface area contributed by atoms with Crippen molar-refractivity contribution >= 4 is 34.6 Å². The highest BCUT2D eigenvalue weighted by molar-refractivity contribution is 5.91. The van der Waals surface area contributed by atoms with Crippen LogP contribution in [0.3, 0.4) is 0 Å². The van der Waals surface area contributed by atoms with E-state index in [9.17, 15) is 14.4 Å². The molecule has 5 rings (SSSR count). The number of benzene rings is 2. The van der Waals surface area contributed by atoms with Gasteiger partial charge in [-0.25, -0.2) is 4.98 Å². The molecule has 3 heterocycles. The summed E-state index contributed by atoms with van der Waals surface area (Å²) in [5, 5.41) is 7.76. The van der Waals surface area contributed by atoms with E-state index in [0.717, 1.165) is 22.0 Å². The molecule has 0 saturated carbocycles. The van der Waals surface area contributed by atoms with Crippen molar-refractivity contribution < 1.29 is 14.4 Å². The molecule has 1 fully saturated rings. The largest absolute Gasteiger partial charge is 0.370 e. The number of fused-ring (bicyclic) bond motifs is 1. The molecule has 10 N–H and O–H groups in total. The molecule has 2 aromatic carbocycles. The number of carbonyl (C=O) groups is 3. The first-order valence-corrected chi connectivity index (χ1v) is 16.4. The molecule has 4 atom stereocenters. The summed E-state index contributed by atoms with van der Waals surface area (Å²) in [5.41, 5.74) is 19.7. The van der Waals surface area contributed by atoms with Crippen LogP contribution in [0.25, 0.3) is 10.9 Å². The van der Waals surface area contributed by atoms with Gasteiger partial charge in [0.2, 0.25) is 17.7 Å². The van der Waals surface area contributed by atoms with Crippen molar-refractivity contribution in [3.8, 4) is 0 Å². The average Bonchev–Trinajstić information content (AvgIpc) is 3.70. The summed E-state index contributed by atoms with van der Waals surface area (Å²) < 4.78 is 0. The summed E-state index contributed by atoms with van der Waals surface area (Å²) in [4.78, 5) is 57.3. The fourth-order valence-corrected chi connectivity index (χ4v) is 7.01. The van der Waals surface area contributed by atoms with Crippen molar-refractivity contribution in [2.45, 2.75) is 63.1 Å². The number of amides is 3. The van der Waals surface area contributed by atoms with E-state index in [1.54, 1.807) is 6.20 Å². The molecule has 0 bridgehead atoms. The van der Waals surface area contributed by atoms with E-state index in [4.69, 9.17) is 17.2 Å². The Balaban J connectivity index is 1.50. The summed E-state index contributed by atoms with van der Waals surface area (Å²) in [6, 6.07) is 16.9. The van der Waals surface area contributed by atoms with Crippen molar-refractivity contribution in [3.05, 3.63) is 90.1 Å². The highest BCUT2D eigenvalue weighted by Crippen LogP contribution is 2.32. The van der Waals surface area contributed by atoms with Gasteiger partial charge < -0.3 is 42.7 Å². The zero-order valence-corrected chi connectivity index (χ0v) is 27.3. The first-order valence-electron chi connectivity index (χ1n) is 16.4. The topological polar surface area (TPSA) is 213 Å².